The van der Waals surface area contributed by atoms with E-state index in [1.165, 1.54) is 24.4 Å². The van der Waals surface area contributed by atoms with E-state index in [9.17, 15) is 0 Å². The quantitative estimate of drug-likeness (QED) is 0.854. The fraction of sp³-hybridized carbons (Fsp3) is 0.800. The van der Waals surface area contributed by atoms with Gasteiger partial charge in [0.1, 0.15) is 5.82 Å². The maximum atomic E-state index is 5.50. The standard InChI is InChI=1S/C10H15N3OS/c1-6-8(4-5-14-6)11-10-12-9(13-15-10)7-2-3-7/h6-8H,2-5H2,1H3,(H,11,12,13). The molecule has 1 aliphatic carbocycles. The molecule has 0 radical (unpaired) electrons. The second-order valence-electron chi connectivity index (χ2n) is 4.35. The van der Waals surface area contributed by atoms with Crippen LogP contribution in [0.25, 0.3) is 0 Å². The zero-order chi connectivity index (χ0) is 10.3. The monoisotopic (exact) mass is 225 g/mol. The zero-order valence-electron chi connectivity index (χ0n) is 8.77. The van der Waals surface area contributed by atoms with Crippen LogP contribution in [0.15, 0.2) is 0 Å². The number of aromatic nitrogens is 2. The lowest BCUT2D eigenvalue weighted by molar-refractivity contribution is 0.121. The molecular weight excluding hydrogens is 210 g/mol. The average molecular weight is 225 g/mol. The molecule has 2 fully saturated rings. The van der Waals surface area contributed by atoms with Crippen LogP contribution in [0.4, 0.5) is 5.13 Å². The second kappa shape index (κ2) is 3.72. The van der Waals surface area contributed by atoms with Crippen molar-refractivity contribution in [3.05, 3.63) is 5.82 Å². The van der Waals surface area contributed by atoms with E-state index in [0.717, 1.165) is 24.0 Å². The number of hydrogen-bond donors (Lipinski definition) is 1. The predicted molar refractivity (Wildman–Crippen MR) is 59.3 cm³/mol. The molecule has 4 nitrogen and oxygen atoms in total. The summed E-state index contributed by atoms with van der Waals surface area (Å²) in [6.07, 6.45) is 3.89. The van der Waals surface area contributed by atoms with Crippen LogP contribution >= 0.6 is 11.5 Å². The Kier molecular flexibility index (Phi) is 2.36. The van der Waals surface area contributed by atoms with E-state index >= 15 is 0 Å². The van der Waals surface area contributed by atoms with Gasteiger partial charge in [-0.15, -0.1) is 0 Å². The molecule has 1 saturated carbocycles. The van der Waals surface area contributed by atoms with Gasteiger partial charge in [-0.1, -0.05) is 0 Å². The summed E-state index contributed by atoms with van der Waals surface area (Å²) in [6, 6.07) is 0.407. The number of rotatable bonds is 3. The molecule has 2 heterocycles. The highest BCUT2D eigenvalue weighted by atomic mass is 32.1. The van der Waals surface area contributed by atoms with Crippen molar-refractivity contribution in [3.8, 4) is 0 Å². The lowest BCUT2D eigenvalue weighted by atomic mass is 10.2. The van der Waals surface area contributed by atoms with E-state index in [4.69, 9.17) is 4.74 Å². The first-order chi connectivity index (χ1) is 7.33. The van der Waals surface area contributed by atoms with Crippen LogP contribution < -0.4 is 5.32 Å². The summed E-state index contributed by atoms with van der Waals surface area (Å²) in [4.78, 5) is 4.51. The number of ether oxygens (including phenoxy) is 1. The molecule has 3 rings (SSSR count). The summed E-state index contributed by atoms with van der Waals surface area (Å²) < 4.78 is 9.87. The minimum absolute atomic E-state index is 0.290. The molecule has 0 amide bonds. The molecular formula is C10H15N3OS. The molecule has 1 aromatic heterocycles. The topological polar surface area (TPSA) is 47.0 Å². The third kappa shape index (κ3) is 1.99. The summed E-state index contributed by atoms with van der Waals surface area (Å²) in [5.41, 5.74) is 0. The van der Waals surface area contributed by atoms with Crippen LogP contribution in [0.5, 0.6) is 0 Å². The van der Waals surface area contributed by atoms with E-state index in [2.05, 4.69) is 21.6 Å². The third-order valence-electron chi connectivity index (χ3n) is 3.07. The van der Waals surface area contributed by atoms with Crippen LogP contribution in [0.3, 0.4) is 0 Å². The van der Waals surface area contributed by atoms with Gasteiger partial charge in [-0.2, -0.15) is 4.37 Å². The molecule has 82 valence electrons. The fourth-order valence-corrected chi connectivity index (χ4v) is 2.59. The Labute approximate surface area is 93.2 Å². The predicted octanol–water partition coefficient (Wildman–Crippen LogP) is 2.00. The molecule has 0 aromatic carbocycles. The molecule has 1 aromatic rings. The smallest absolute Gasteiger partial charge is 0.202 e. The minimum Gasteiger partial charge on any atom is -0.376 e. The molecule has 2 unspecified atom stereocenters. The first kappa shape index (κ1) is 9.54. The highest BCUT2D eigenvalue weighted by Gasteiger charge is 2.29. The van der Waals surface area contributed by atoms with Gasteiger partial charge in [0.25, 0.3) is 0 Å². The summed E-state index contributed by atoms with van der Waals surface area (Å²) >= 11 is 1.48. The Morgan fingerprint density at radius 2 is 2.27 bits per heavy atom. The maximum absolute atomic E-state index is 5.50. The van der Waals surface area contributed by atoms with Crippen molar-refractivity contribution in [1.29, 1.82) is 0 Å². The van der Waals surface area contributed by atoms with Gasteiger partial charge in [-0.25, -0.2) is 4.98 Å². The number of anilines is 1. The third-order valence-corrected chi connectivity index (χ3v) is 3.73. The van der Waals surface area contributed by atoms with Crippen LogP contribution in [-0.4, -0.2) is 28.1 Å². The molecule has 5 heteroatoms. The molecule has 1 N–H and O–H groups in total. The Morgan fingerprint density at radius 3 is 2.93 bits per heavy atom. The number of hydrogen-bond acceptors (Lipinski definition) is 5. The van der Waals surface area contributed by atoms with E-state index < -0.39 is 0 Å². The van der Waals surface area contributed by atoms with Crippen molar-refractivity contribution in [2.75, 3.05) is 11.9 Å². The molecule has 2 aliphatic rings. The largest absolute Gasteiger partial charge is 0.376 e. The normalized spacial score (nSPS) is 30.7. The van der Waals surface area contributed by atoms with E-state index in [0.29, 0.717) is 18.1 Å². The molecule has 0 bridgehead atoms. The minimum atomic E-state index is 0.290. The lowest BCUT2D eigenvalue weighted by Gasteiger charge is -2.14. The van der Waals surface area contributed by atoms with Crippen molar-refractivity contribution < 1.29 is 4.74 Å². The Hall–Kier alpha value is -0.680. The zero-order valence-corrected chi connectivity index (χ0v) is 9.59. The molecule has 1 saturated heterocycles. The summed E-state index contributed by atoms with van der Waals surface area (Å²) in [7, 11) is 0. The van der Waals surface area contributed by atoms with Crippen LogP contribution in [-0.2, 0) is 4.74 Å². The summed E-state index contributed by atoms with van der Waals surface area (Å²) in [5, 5.41) is 4.37. The average Bonchev–Trinajstić information content (AvgIpc) is 2.86. The van der Waals surface area contributed by atoms with Crippen LogP contribution in [0.2, 0.25) is 0 Å². The number of nitrogens with zero attached hydrogens (tertiary/aromatic N) is 2. The number of nitrogens with one attached hydrogen (secondary N) is 1. The van der Waals surface area contributed by atoms with Crippen molar-refractivity contribution in [3.63, 3.8) is 0 Å². The van der Waals surface area contributed by atoms with Crippen LogP contribution in [0, 0.1) is 0 Å². The summed E-state index contributed by atoms with van der Waals surface area (Å²) in [6.45, 7) is 2.96. The van der Waals surface area contributed by atoms with Crippen LogP contribution in [0.1, 0.15) is 37.9 Å². The summed E-state index contributed by atoms with van der Waals surface area (Å²) in [5.74, 6) is 1.68. The van der Waals surface area contributed by atoms with Gasteiger partial charge < -0.3 is 10.1 Å². The van der Waals surface area contributed by atoms with E-state index in [1.54, 1.807) is 0 Å². The van der Waals surface area contributed by atoms with Gasteiger partial charge in [-0.3, -0.25) is 0 Å². The Morgan fingerprint density at radius 1 is 1.40 bits per heavy atom. The Balaban J connectivity index is 1.65. The molecule has 15 heavy (non-hydrogen) atoms. The lowest BCUT2D eigenvalue weighted by Crippen LogP contribution is -2.26. The van der Waals surface area contributed by atoms with Crippen molar-refractivity contribution in [2.24, 2.45) is 0 Å². The second-order valence-corrected chi connectivity index (χ2v) is 5.10. The molecule has 2 atom stereocenters. The van der Waals surface area contributed by atoms with Crippen molar-refractivity contribution in [2.45, 2.75) is 44.2 Å². The molecule has 1 aliphatic heterocycles. The SMILES string of the molecule is CC1OCCC1Nc1nc(C2CC2)ns1. The molecule has 0 spiro atoms. The van der Waals surface area contributed by atoms with Gasteiger partial charge in [0.15, 0.2) is 0 Å². The maximum Gasteiger partial charge on any atom is 0.202 e. The van der Waals surface area contributed by atoms with Gasteiger partial charge in [0.05, 0.1) is 12.1 Å². The highest BCUT2D eigenvalue weighted by molar-refractivity contribution is 7.09. The Bertz CT molecular complexity index is 350. The van der Waals surface area contributed by atoms with E-state index in [1.807, 2.05) is 0 Å². The first-order valence-corrected chi connectivity index (χ1v) is 6.32. The van der Waals surface area contributed by atoms with E-state index in [-0.39, 0.29) is 0 Å². The van der Waals surface area contributed by atoms with Crippen molar-refractivity contribution >= 4 is 16.7 Å². The van der Waals surface area contributed by atoms with Crippen molar-refractivity contribution in [1.82, 2.24) is 9.36 Å². The van der Waals surface area contributed by atoms with Gasteiger partial charge >= 0.3 is 0 Å². The highest BCUT2D eigenvalue weighted by Crippen LogP contribution is 2.39. The van der Waals surface area contributed by atoms with Gasteiger partial charge in [0, 0.05) is 24.1 Å². The first-order valence-electron chi connectivity index (χ1n) is 5.54. The van der Waals surface area contributed by atoms with Gasteiger partial charge in [-0.05, 0) is 26.2 Å². The van der Waals surface area contributed by atoms with Gasteiger partial charge in [0.2, 0.25) is 5.13 Å². The fourth-order valence-electron chi connectivity index (χ4n) is 1.88.